The van der Waals surface area contributed by atoms with Crippen molar-refractivity contribution < 1.29 is 8.42 Å². The summed E-state index contributed by atoms with van der Waals surface area (Å²) in [6.45, 7) is 1.62. The molecule has 0 bridgehead atoms. The van der Waals surface area contributed by atoms with Crippen LogP contribution in [0.4, 0.5) is 0 Å². The molecule has 22 heavy (non-hydrogen) atoms. The molecule has 1 saturated heterocycles. The van der Waals surface area contributed by atoms with Crippen molar-refractivity contribution in [2.45, 2.75) is 23.8 Å². The summed E-state index contributed by atoms with van der Waals surface area (Å²) >= 11 is 6.15. The van der Waals surface area contributed by atoms with Crippen LogP contribution in [0, 0.1) is 0 Å². The molecule has 1 aliphatic rings. The first kappa shape index (κ1) is 17.5. The quantitative estimate of drug-likeness (QED) is 0.884. The summed E-state index contributed by atoms with van der Waals surface area (Å²) < 4.78 is 28.1. The van der Waals surface area contributed by atoms with Crippen molar-refractivity contribution in [2.24, 2.45) is 0 Å². The van der Waals surface area contributed by atoms with Gasteiger partial charge in [0.1, 0.15) is 0 Å². The fourth-order valence-electron chi connectivity index (χ4n) is 2.70. The molecule has 0 spiro atoms. The summed E-state index contributed by atoms with van der Waals surface area (Å²) in [5, 5.41) is 5.17. The Morgan fingerprint density at radius 3 is 2.55 bits per heavy atom. The van der Waals surface area contributed by atoms with Gasteiger partial charge in [0, 0.05) is 28.4 Å². The van der Waals surface area contributed by atoms with Crippen molar-refractivity contribution in [1.82, 2.24) is 10.0 Å². The molecule has 2 N–H and O–H groups in total. The van der Waals surface area contributed by atoms with E-state index in [1.54, 1.807) is 18.2 Å². The SMILES string of the molecule is Cl.O=S(=O)(NC1CCCNC1)c1ccc(Cl)c2ccccc12. The summed E-state index contributed by atoms with van der Waals surface area (Å²) in [6, 6.07) is 10.4. The highest BCUT2D eigenvalue weighted by molar-refractivity contribution is 7.89. The zero-order chi connectivity index (χ0) is 14.9. The van der Waals surface area contributed by atoms with E-state index in [-0.39, 0.29) is 23.3 Å². The molecule has 0 radical (unpaired) electrons. The second-order valence-electron chi connectivity index (χ2n) is 5.26. The maximum absolute atomic E-state index is 12.6. The Balaban J connectivity index is 0.00000176. The van der Waals surface area contributed by atoms with Crippen LogP contribution < -0.4 is 10.0 Å². The van der Waals surface area contributed by atoms with Gasteiger partial charge in [-0.05, 0) is 31.5 Å². The first-order valence-corrected chi connectivity index (χ1v) is 8.84. The molecule has 120 valence electrons. The molecule has 1 aliphatic heterocycles. The summed E-state index contributed by atoms with van der Waals surface area (Å²) in [7, 11) is -3.55. The average Bonchev–Trinajstić information content (AvgIpc) is 2.48. The van der Waals surface area contributed by atoms with Crippen molar-refractivity contribution in [3.63, 3.8) is 0 Å². The topological polar surface area (TPSA) is 58.2 Å². The van der Waals surface area contributed by atoms with E-state index < -0.39 is 10.0 Å². The van der Waals surface area contributed by atoms with Crippen LogP contribution in [0.25, 0.3) is 10.8 Å². The molecule has 0 aromatic heterocycles. The fraction of sp³-hybridized carbons (Fsp3) is 0.333. The maximum atomic E-state index is 12.6. The van der Waals surface area contributed by atoms with Crippen LogP contribution >= 0.6 is 24.0 Å². The summed E-state index contributed by atoms with van der Waals surface area (Å²) in [6.07, 6.45) is 1.84. The highest BCUT2D eigenvalue weighted by atomic mass is 35.5. The van der Waals surface area contributed by atoms with Gasteiger partial charge >= 0.3 is 0 Å². The molecule has 2 aromatic rings. The molecule has 0 saturated carbocycles. The van der Waals surface area contributed by atoms with E-state index in [2.05, 4.69) is 10.0 Å². The van der Waals surface area contributed by atoms with Crippen LogP contribution in [0.3, 0.4) is 0 Å². The second-order valence-corrected chi connectivity index (χ2v) is 7.35. The van der Waals surface area contributed by atoms with Gasteiger partial charge in [-0.25, -0.2) is 13.1 Å². The van der Waals surface area contributed by atoms with E-state index in [1.807, 2.05) is 18.2 Å². The predicted octanol–water partition coefficient (Wildman–Crippen LogP) is 2.95. The lowest BCUT2D eigenvalue weighted by Crippen LogP contribution is -2.45. The minimum atomic E-state index is -3.55. The zero-order valence-electron chi connectivity index (χ0n) is 11.9. The van der Waals surface area contributed by atoms with Gasteiger partial charge in [-0.3, -0.25) is 0 Å². The number of nitrogens with one attached hydrogen (secondary N) is 2. The van der Waals surface area contributed by atoms with Gasteiger partial charge in [0.05, 0.1) is 4.90 Å². The molecule has 0 amide bonds. The molecular weight excluding hydrogens is 343 g/mol. The largest absolute Gasteiger partial charge is 0.315 e. The maximum Gasteiger partial charge on any atom is 0.241 e. The third-order valence-electron chi connectivity index (χ3n) is 3.74. The molecule has 1 heterocycles. The minimum absolute atomic E-state index is 0. The molecule has 1 atom stereocenters. The molecule has 7 heteroatoms. The van der Waals surface area contributed by atoms with Crippen LogP contribution in [0.5, 0.6) is 0 Å². The highest BCUT2D eigenvalue weighted by Crippen LogP contribution is 2.29. The smallest absolute Gasteiger partial charge is 0.241 e. The van der Waals surface area contributed by atoms with Crippen molar-refractivity contribution >= 4 is 44.8 Å². The Hall–Kier alpha value is -0.850. The van der Waals surface area contributed by atoms with Gasteiger partial charge in [0.2, 0.25) is 10.0 Å². The van der Waals surface area contributed by atoms with Gasteiger partial charge in [0.25, 0.3) is 0 Å². The Bertz CT molecular complexity index is 759. The standard InChI is InChI=1S/C15H17ClN2O2S.ClH/c16-14-7-8-15(13-6-2-1-5-12(13)14)21(19,20)18-11-4-3-9-17-10-11;/h1-2,5-8,11,17-18H,3-4,9-10H2;1H. The van der Waals surface area contributed by atoms with E-state index in [9.17, 15) is 8.42 Å². The first-order valence-electron chi connectivity index (χ1n) is 6.98. The second kappa shape index (κ2) is 7.15. The number of piperidine rings is 1. The third-order valence-corrected chi connectivity index (χ3v) is 5.65. The lowest BCUT2D eigenvalue weighted by atomic mass is 10.1. The molecule has 3 rings (SSSR count). The summed E-state index contributed by atoms with van der Waals surface area (Å²) in [5.74, 6) is 0. The van der Waals surface area contributed by atoms with Crippen molar-refractivity contribution in [1.29, 1.82) is 0 Å². The van der Waals surface area contributed by atoms with Gasteiger partial charge in [0.15, 0.2) is 0 Å². The number of hydrogen-bond acceptors (Lipinski definition) is 3. The van der Waals surface area contributed by atoms with Crippen LogP contribution in [-0.2, 0) is 10.0 Å². The van der Waals surface area contributed by atoms with Crippen molar-refractivity contribution in [3.8, 4) is 0 Å². The summed E-state index contributed by atoms with van der Waals surface area (Å²) in [4.78, 5) is 0.285. The van der Waals surface area contributed by atoms with E-state index in [0.717, 1.165) is 24.8 Å². The lowest BCUT2D eigenvalue weighted by Gasteiger charge is -2.24. The van der Waals surface area contributed by atoms with Crippen LogP contribution in [0.15, 0.2) is 41.3 Å². The normalized spacial score (nSPS) is 18.9. The number of hydrogen-bond donors (Lipinski definition) is 2. The summed E-state index contributed by atoms with van der Waals surface area (Å²) in [5.41, 5.74) is 0. The van der Waals surface area contributed by atoms with E-state index in [4.69, 9.17) is 11.6 Å². The van der Waals surface area contributed by atoms with E-state index >= 15 is 0 Å². The Labute approximate surface area is 141 Å². The number of benzene rings is 2. The molecule has 0 aliphatic carbocycles. The molecule has 4 nitrogen and oxygen atoms in total. The molecule has 1 unspecified atom stereocenters. The number of fused-ring (bicyclic) bond motifs is 1. The number of halogens is 2. The number of sulfonamides is 1. The van der Waals surface area contributed by atoms with Crippen molar-refractivity contribution in [3.05, 3.63) is 41.4 Å². The van der Waals surface area contributed by atoms with E-state index in [1.165, 1.54) is 0 Å². The van der Waals surface area contributed by atoms with Gasteiger partial charge < -0.3 is 5.32 Å². The number of rotatable bonds is 3. The Morgan fingerprint density at radius 1 is 1.14 bits per heavy atom. The van der Waals surface area contributed by atoms with Gasteiger partial charge in [-0.15, -0.1) is 12.4 Å². The monoisotopic (exact) mass is 360 g/mol. The van der Waals surface area contributed by atoms with Crippen LogP contribution in [-0.4, -0.2) is 27.5 Å². The van der Waals surface area contributed by atoms with Crippen molar-refractivity contribution in [2.75, 3.05) is 13.1 Å². The minimum Gasteiger partial charge on any atom is -0.315 e. The predicted molar refractivity (Wildman–Crippen MR) is 92.4 cm³/mol. The zero-order valence-corrected chi connectivity index (χ0v) is 14.3. The third kappa shape index (κ3) is 3.55. The fourth-order valence-corrected chi connectivity index (χ4v) is 4.41. The lowest BCUT2D eigenvalue weighted by molar-refractivity contribution is 0.429. The average molecular weight is 361 g/mol. The Kier molecular flexibility index (Phi) is 5.69. The molecular formula is C15H18Cl2N2O2S. The highest BCUT2D eigenvalue weighted by Gasteiger charge is 2.23. The molecule has 1 fully saturated rings. The Morgan fingerprint density at radius 2 is 1.86 bits per heavy atom. The van der Waals surface area contributed by atoms with Gasteiger partial charge in [-0.2, -0.15) is 0 Å². The van der Waals surface area contributed by atoms with Crippen LogP contribution in [0.2, 0.25) is 5.02 Å². The molecule has 2 aromatic carbocycles. The van der Waals surface area contributed by atoms with E-state index in [0.29, 0.717) is 17.0 Å². The van der Waals surface area contributed by atoms with Crippen LogP contribution in [0.1, 0.15) is 12.8 Å². The first-order chi connectivity index (χ1) is 10.1. The van der Waals surface area contributed by atoms with Gasteiger partial charge in [-0.1, -0.05) is 35.9 Å².